The number of unbranched alkanes of at least 4 members (excludes halogenated alkanes) is 1. The number of carbonyl (C=O) groups is 1. The van der Waals surface area contributed by atoms with E-state index in [-0.39, 0.29) is 0 Å². The molecule has 1 saturated carbocycles. The largest absolute Gasteiger partial charge is 0.480 e. The standard InChI is InChI=1S/C16H30N2O3/c1-16(15(19)20,17-14-5-6-14)8-3-4-9-18-10-7-13(11-18)12-21-2/h13-14,17H,3-12H2,1-2H3,(H,19,20). The zero-order valence-corrected chi connectivity index (χ0v) is 13.4. The van der Waals surface area contributed by atoms with Crippen molar-refractivity contribution in [3.63, 3.8) is 0 Å². The van der Waals surface area contributed by atoms with E-state index in [1.54, 1.807) is 7.11 Å². The van der Waals surface area contributed by atoms with Gasteiger partial charge >= 0.3 is 5.97 Å². The van der Waals surface area contributed by atoms with Crippen LogP contribution in [-0.4, -0.2) is 60.9 Å². The minimum atomic E-state index is -0.745. The van der Waals surface area contributed by atoms with E-state index < -0.39 is 11.5 Å². The predicted molar refractivity (Wildman–Crippen MR) is 82.5 cm³/mol. The number of rotatable bonds is 10. The summed E-state index contributed by atoms with van der Waals surface area (Å²) in [5, 5.41) is 12.7. The highest BCUT2D eigenvalue weighted by Crippen LogP contribution is 2.25. The molecule has 2 rings (SSSR count). The Hall–Kier alpha value is -0.650. The van der Waals surface area contributed by atoms with Crippen LogP contribution in [0.4, 0.5) is 0 Å². The second-order valence-electron chi connectivity index (χ2n) is 6.92. The Morgan fingerprint density at radius 2 is 2.14 bits per heavy atom. The molecule has 1 aliphatic heterocycles. The van der Waals surface area contributed by atoms with Gasteiger partial charge in [0, 0.05) is 19.7 Å². The van der Waals surface area contributed by atoms with Gasteiger partial charge in [-0.05, 0) is 64.5 Å². The summed E-state index contributed by atoms with van der Waals surface area (Å²) in [6.45, 7) is 6.06. The molecule has 1 aliphatic carbocycles. The lowest BCUT2D eigenvalue weighted by molar-refractivity contribution is -0.144. The summed E-state index contributed by atoms with van der Waals surface area (Å²) in [5.41, 5.74) is -0.745. The summed E-state index contributed by atoms with van der Waals surface area (Å²) < 4.78 is 5.21. The second-order valence-corrected chi connectivity index (χ2v) is 6.92. The molecule has 5 nitrogen and oxygen atoms in total. The lowest BCUT2D eigenvalue weighted by atomic mass is 9.94. The summed E-state index contributed by atoms with van der Waals surface area (Å²) in [5.74, 6) is -0.0356. The first-order valence-electron chi connectivity index (χ1n) is 8.26. The maximum Gasteiger partial charge on any atom is 0.323 e. The van der Waals surface area contributed by atoms with Crippen molar-refractivity contribution in [3.05, 3.63) is 0 Å². The van der Waals surface area contributed by atoms with Crippen LogP contribution in [0.3, 0.4) is 0 Å². The van der Waals surface area contributed by atoms with Gasteiger partial charge in [-0.2, -0.15) is 0 Å². The zero-order valence-electron chi connectivity index (χ0n) is 13.4. The molecule has 0 aromatic carbocycles. The van der Waals surface area contributed by atoms with Gasteiger partial charge in [0.05, 0.1) is 6.61 Å². The van der Waals surface area contributed by atoms with E-state index in [2.05, 4.69) is 10.2 Å². The summed E-state index contributed by atoms with van der Waals surface area (Å²) >= 11 is 0. The summed E-state index contributed by atoms with van der Waals surface area (Å²) in [4.78, 5) is 13.9. The van der Waals surface area contributed by atoms with Crippen molar-refractivity contribution in [2.24, 2.45) is 5.92 Å². The smallest absolute Gasteiger partial charge is 0.323 e. The van der Waals surface area contributed by atoms with E-state index in [0.717, 1.165) is 51.9 Å². The van der Waals surface area contributed by atoms with Crippen molar-refractivity contribution in [3.8, 4) is 0 Å². The average molecular weight is 298 g/mol. The topological polar surface area (TPSA) is 61.8 Å². The average Bonchev–Trinajstić information content (AvgIpc) is 3.13. The van der Waals surface area contributed by atoms with Crippen LogP contribution >= 0.6 is 0 Å². The highest BCUT2D eigenvalue weighted by Gasteiger charge is 2.37. The summed E-state index contributed by atoms with van der Waals surface area (Å²) in [6.07, 6.45) is 6.23. The first-order chi connectivity index (χ1) is 10.0. The van der Waals surface area contributed by atoms with Crippen LogP contribution in [0.1, 0.15) is 45.4 Å². The van der Waals surface area contributed by atoms with Gasteiger partial charge in [-0.25, -0.2) is 0 Å². The Kier molecular flexibility index (Phi) is 6.02. The molecule has 2 fully saturated rings. The van der Waals surface area contributed by atoms with Crippen molar-refractivity contribution >= 4 is 5.97 Å². The Morgan fingerprint density at radius 3 is 2.76 bits per heavy atom. The molecule has 0 amide bonds. The number of carboxylic acid groups (broad SMARTS) is 1. The molecular formula is C16H30N2O3. The van der Waals surface area contributed by atoms with Gasteiger partial charge in [0.1, 0.15) is 5.54 Å². The molecule has 1 saturated heterocycles. The monoisotopic (exact) mass is 298 g/mol. The Balaban J connectivity index is 1.63. The quantitative estimate of drug-likeness (QED) is 0.601. The molecule has 0 aromatic rings. The second kappa shape index (κ2) is 7.56. The SMILES string of the molecule is COCC1CCN(CCCCC(C)(NC2CC2)C(=O)O)C1. The molecule has 0 spiro atoms. The number of likely N-dealkylation sites (tertiary alicyclic amines) is 1. The zero-order chi connectivity index (χ0) is 15.3. The van der Waals surface area contributed by atoms with Crippen LogP contribution in [-0.2, 0) is 9.53 Å². The van der Waals surface area contributed by atoms with Crippen LogP contribution in [0.5, 0.6) is 0 Å². The minimum Gasteiger partial charge on any atom is -0.480 e. The molecule has 5 heteroatoms. The molecule has 0 bridgehead atoms. The fourth-order valence-electron chi connectivity index (χ4n) is 3.22. The third-order valence-electron chi connectivity index (χ3n) is 4.75. The lowest BCUT2D eigenvalue weighted by Gasteiger charge is -2.27. The maximum atomic E-state index is 11.5. The van der Waals surface area contributed by atoms with Crippen LogP contribution in [0, 0.1) is 5.92 Å². The maximum absolute atomic E-state index is 11.5. The molecule has 2 unspecified atom stereocenters. The number of aliphatic carboxylic acids is 1. The minimum absolute atomic E-state index is 0.430. The number of hydrogen-bond donors (Lipinski definition) is 2. The predicted octanol–water partition coefficient (Wildman–Crippen LogP) is 1.72. The fourth-order valence-corrected chi connectivity index (χ4v) is 3.22. The highest BCUT2D eigenvalue weighted by atomic mass is 16.5. The van der Waals surface area contributed by atoms with Gasteiger partial charge in [0.15, 0.2) is 0 Å². The van der Waals surface area contributed by atoms with Gasteiger partial charge < -0.3 is 14.7 Å². The normalized spacial score (nSPS) is 25.9. The van der Waals surface area contributed by atoms with Gasteiger partial charge in [0.2, 0.25) is 0 Å². The number of carboxylic acids is 1. The van der Waals surface area contributed by atoms with E-state index in [1.165, 1.54) is 6.42 Å². The molecule has 1 heterocycles. The highest BCUT2D eigenvalue weighted by molar-refractivity contribution is 5.78. The van der Waals surface area contributed by atoms with E-state index in [9.17, 15) is 9.90 Å². The number of nitrogens with one attached hydrogen (secondary N) is 1. The van der Waals surface area contributed by atoms with E-state index in [4.69, 9.17) is 4.74 Å². The van der Waals surface area contributed by atoms with Gasteiger partial charge in [-0.3, -0.25) is 10.1 Å². The first-order valence-corrected chi connectivity index (χ1v) is 8.26. The number of methoxy groups -OCH3 is 1. The molecular weight excluding hydrogens is 268 g/mol. The molecule has 2 atom stereocenters. The van der Waals surface area contributed by atoms with Crippen LogP contribution < -0.4 is 5.32 Å². The van der Waals surface area contributed by atoms with Gasteiger partial charge in [0.25, 0.3) is 0 Å². The number of ether oxygens (including phenoxy) is 1. The Morgan fingerprint density at radius 1 is 1.38 bits per heavy atom. The Bertz CT molecular complexity index is 346. The van der Waals surface area contributed by atoms with Crippen molar-refractivity contribution < 1.29 is 14.6 Å². The summed E-state index contributed by atoms with van der Waals surface area (Å²) in [6, 6.07) is 0.430. The molecule has 0 aromatic heterocycles. The number of nitrogens with zero attached hydrogens (tertiary/aromatic N) is 1. The van der Waals surface area contributed by atoms with Crippen molar-refractivity contribution in [2.45, 2.75) is 57.0 Å². The van der Waals surface area contributed by atoms with Crippen LogP contribution in [0.15, 0.2) is 0 Å². The molecule has 2 N–H and O–H groups in total. The van der Waals surface area contributed by atoms with Crippen molar-refractivity contribution in [2.75, 3.05) is 33.4 Å². The fraction of sp³-hybridized carbons (Fsp3) is 0.938. The third kappa shape index (κ3) is 5.24. The number of hydrogen-bond acceptors (Lipinski definition) is 4. The lowest BCUT2D eigenvalue weighted by Crippen LogP contribution is -2.50. The van der Waals surface area contributed by atoms with Gasteiger partial charge in [-0.1, -0.05) is 0 Å². The van der Waals surface area contributed by atoms with Crippen molar-refractivity contribution in [1.82, 2.24) is 10.2 Å². The molecule has 2 aliphatic rings. The van der Waals surface area contributed by atoms with E-state index in [0.29, 0.717) is 18.4 Å². The molecule has 0 radical (unpaired) electrons. The first kappa shape index (κ1) is 16.7. The summed E-state index contributed by atoms with van der Waals surface area (Å²) in [7, 11) is 1.77. The molecule has 21 heavy (non-hydrogen) atoms. The third-order valence-corrected chi connectivity index (χ3v) is 4.75. The molecule has 122 valence electrons. The van der Waals surface area contributed by atoms with Crippen molar-refractivity contribution in [1.29, 1.82) is 0 Å². The van der Waals surface area contributed by atoms with Crippen LogP contribution in [0.25, 0.3) is 0 Å². The Labute approximate surface area is 128 Å². The van der Waals surface area contributed by atoms with E-state index >= 15 is 0 Å². The van der Waals surface area contributed by atoms with Crippen LogP contribution in [0.2, 0.25) is 0 Å². The van der Waals surface area contributed by atoms with E-state index in [1.807, 2.05) is 6.92 Å². The van der Waals surface area contributed by atoms with Gasteiger partial charge in [-0.15, -0.1) is 0 Å².